The maximum atomic E-state index is 4.30. The molecule has 0 aromatic carbocycles. The summed E-state index contributed by atoms with van der Waals surface area (Å²) >= 11 is 0. The molecule has 0 aliphatic heterocycles. The van der Waals surface area contributed by atoms with Crippen LogP contribution in [0.1, 0.15) is 11.6 Å². The summed E-state index contributed by atoms with van der Waals surface area (Å²) in [6.45, 7) is 1.72. The first-order chi connectivity index (χ1) is 7.81. The van der Waals surface area contributed by atoms with Crippen molar-refractivity contribution in [2.45, 2.75) is 19.5 Å². The van der Waals surface area contributed by atoms with E-state index in [1.807, 2.05) is 38.9 Å². The van der Waals surface area contributed by atoms with Gasteiger partial charge in [-0.05, 0) is 7.05 Å². The molecule has 0 atom stereocenters. The molecule has 0 saturated carbocycles. The van der Waals surface area contributed by atoms with Crippen molar-refractivity contribution in [1.29, 1.82) is 0 Å². The van der Waals surface area contributed by atoms with E-state index in [1.165, 1.54) is 0 Å². The highest BCUT2D eigenvalue weighted by molar-refractivity contribution is 4.95. The minimum atomic E-state index is 0.799. The van der Waals surface area contributed by atoms with E-state index < -0.39 is 0 Å². The van der Waals surface area contributed by atoms with Crippen LogP contribution in [0.3, 0.4) is 0 Å². The first-order valence-electron chi connectivity index (χ1n) is 5.42. The van der Waals surface area contributed by atoms with Gasteiger partial charge in [0, 0.05) is 44.8 Å². The molecular weight excluding hydrogens is 202 g/mol. The molecule has 5 nitrogen and oxygen atoms in total. The Morgan fingerprint density at radius 1 is 1.19 bits per heavy atom. The van der Waals surface area contributed by atoms with Crippen LogP contribution in [-0.2, 0) is 26.6 Å². The van der Waals surface area contributed by atoms with Gasteiger partial charge in [0.25, 0.3) is 0 Å². The van der Waals surface area contributed by atoms with E-state index >= 15 is 0 Å². The Morgan fingerprint density at radius 2 is 1.94 bits per heavy atom. The molecule has 16 heavy (non-hydrogen) atoms. The highest BCUT2D eigenvalue weighted by Crippen LogP contribution is 2.02. The Kier molecular flexibility index (Phi) is 3.36. The number of hydrogen-bond donors (Lipinski definition) is 1. The molecule has 86 valence electrons. The zero-order valence-corrected chi connectivity index (χ0v) is 9.72. The Hall–Kier alpha value is -1.62. The molecule has 0 aliphatic carbocycles. The summed E-state index contributed by atoms with van der Waals surface area (Å²) in [5.74, 6) is 2.17. The van der Waals surface area contributed by atoms with Crippen molar-refractivity contribution in [2.75, 3.05) is 7.05 Å². The van der Waals surface area contributed by atoms with E-state index in [0.717, 1.165) is 31.2 Å². The van der Waals surface area contributed by atoms with E-state index in [1.54, 1.807) is 0 Å². The van der Waals surface area contributed by atoms with Gasteiger partial charge < -0.3 is 14.5 Å². The molecule has 0 bridgehead atoms. The van der Waals surface area contributed by atoms with Gasteiger partial charge in [0.1, 0.15) is 11.6 Å². The van der Waals surface area contributed by atoms with E-state index in [4.69, 9.17) is 0 Å². The Bertz CT molecular complexity index is 443. The van der Waals surface area contributed by atoms with Gasteiger partial charge in [-0.25, -0.2) is 9.97 Å². The highest BCUT2D eigenvalue weighted by Gasteiger charge is 2.03. The molecule has 0 spiro atoms. The van der Waals surface area contributed by atoms with Crippen LogP contribution in [0.15, 0.2) is 24.8 Å². The summed E-state index contributed by atoms with van der Waals surface area (Å²) < 4.78 is 4.21. The van der Waals surface area contributed by atoms with Gasteiger partial charge in [0.15, 0.2) is 0 Å². The average Bonchev–Trinajstić information content (AvgIpc) is 2.86. The quantitative estimate of drug-likeness (QED) is 0.800. The fraction of sp³-hybridized carbons (Fsp3) is 0.455. The second kappa shape index (κ2) is 4.94. The van der Waals surface area contributed by atoms with Crippen molar-refractivity contribution >= 4 is 0 Å². The molecule has 0 amide bonds. The van der Waals surface area contributed by atoms with Gasteiger partial charge in [-0.15, -0.1) is 0 Å². The predicted octanol–water partition coefficient (Wildman–Crippen LogP) is 0.579. The number of rotatable bonds is 5. The summed E-state index contributed by atoms with van der Waals surface area (Å²) in [5, 5.41) is 3.11. The minimum Gasteiger partial charge on any atom is -0.338 e. The van der Waals surface area contributed by atoms with Crippen LogP contribution in [0.2, 0.25) is 0 Å². The summed E-state index contributed by atoms with van der Waals surface area (Å²) in [7, 11) is 3.95. The number of nitrogens with one attached hydrogen (secondary N) is 1. The number of nitrogens with zero attached hydrogens (tertiary/aromatic N) is 4. The molecule has 5 heteroatoms. The number of hydrogen-bond acceptors (Lipinski definition) is 3. The lowest BCUT2D eigenvalue weighted by Crippen LogP contribution is -2.13. The molecule has 2 aromatic heterocycles. The molecule has 0 radical (unpaired) electrons. The number of aromatic nitrogens is 4. The topological polar surface area (TPSA) is 47.7 Å². The van der Waals surface area contributed by atoms with Crippen LogP contribution < -0.4 is 5.32 Å². The fourth-order valence-electron chi connectivity index (χ4n) is 1.73. The third-order valence-electron chi connectivity index (χ3n) is 2.63. The normalized spacial score (nSPS) is 10.9. The summed E-state index contributed by atoms with van der Waals surface area (Å²) in [4.78, 5) is 8.61. The molecule has 0 unspecified atom stereocenters. The van der Waals surface area contributed by atoms with Gasteiger partial charge in [-0.3, -0.25) is 0 Å². The molecular formula is C11H17N5. The van der Waals surface area contributed by atoms with Gasteiger partial charge in [-0.1, -0.05) is 0 Å². The van der Waals surface area contributed by atoms with E-state index in [2.05, 4.69) is 24.4 Å². The molecule has 2 rings (SSSR count). The standard InChI is InChI=1S/C11H17N5/c1-12-9-11-14-5-8-16(11)6-3-10-13-4-7-15(10)2/h4-5,7-8,12H,3,6,9H2,1-2H3. The zero-order valence-electron chi connectivity index (χ0n) is 9.72. The first-order valence-corrected chi connectivity index (χ1v) is 5.42. The lowest BCUT2D eigenvalue weighted by Gasteiger charge is -2.07. The number of imidazole rings is 2. The third kappa shape index (κ3) is 2.30. The second-order valence-corrected chi connectivity index (χ2v) is 3.77. The lowest BCUT2D eigenvalue weighted by molar-refractivity contribution is 0.603. The van der Waals surface area contributed by atoms with Crippen LogP contribution in [0.4, 0.5) is 0 Å². The molecule has 2 aromatic rings. The highest BCUT2D eigenvalue weighted by atomic mass is 15.1. The van der Waals surface area contributed by atoms with Crippen molar-refractivity contribution in [3.63, 3.8) is 0 Å². The minimum absolute atomic E-state index is 0.799. The third-order valence-corrected chi connectivity index (χ3v) is 2.63. The lowest BCUT2D eigenvalue weighted by atomic mass is 10.4. The Labute approximate surface area is 95.1 Å². The van der Waals surface area contributed by atoms with Crippen molar-refractivity contribution in [3.05, 3.63) is 36.4 Å². The van der Waals surface area contributed by atoms with Gasteiger partial charge >= 0.3 is 0 Å². The van der Waals surface area contributed by atoms with Crippen molar-refractivity contribution in [2.24, 2.45) is 7.05 Å². The summed E-state index contributed by atoms with van der Waals surface area (Å²) in [6, 6.07) is 0. The van der Waals surface area contributed by atoms with Crippen LogP contribution in [0.25, 0.3) is 0 Å². The SMILES string of the molecule is CNCc1nccn1CCc1nccn1C. The largest absolute Gasteiger partial charge is 0.338 e. The summed E-state index contributed by atoms with van der Waals surface area (Å²) in [5.41, 5.74) is 0. The average molecular weight is 219 g/mol. The van der Waals surface area contributed by atoms with Crippen LogP contribution in [-0.4, -0.2) is 26.1 Å². The first kappa shape index (κ1) is 10.9. The van der Waals surface area contributed by atoms with E-state index in [9.17, 15) is 0 Å². The second-order valence-electron chi connectivity index (χ2n) is 3.77. The number of aryl methyl sites for hydroxylation is 3. The Morgan fingerprint density at radius 3 is 2.62 bits per heavy atom. The molecule has 0 aliphatic rings. The van der Waals surface area contributed by atoms with E-state index in [0.29, 0.717) is 0 Å². The van der Waals surface area contributed by atoms with Crippen molar-refractivity contribution < 1.29 is 0 Å². The van der Waals surface area contributed by atoms with Gasteiger partial charge in [0.05, 0.1) is 6.54 Å². The molecule has 0 fully saturated rings. The van der Waals surface area contributed by atoms with E-state index in [-0.39, 0.29) is 0 Å². The zero-order chi connectivity index (χ0) is 11.4. The smallest absolute Gasteiger partial charge is 0.122 e. The molecule has 2 heterocycles. The van der Waals surface area contributed by atoms with Gasteiger partial charge in [0.2, 0.25) is 0 Å². The maximum Gasteiger partial charge on any atom is 0.122 e. The van der Waals surface area contributed by atoms with Crippen LogP contribution in [0.5, 0.6) is 0 Å². The fourth-order valence-corrected chi connectivity index (χ4v) is 1.73. The van der Waals surface area contributed by atoms with Crippen LogP contribution >= 0.6 is 0 Å². The van der Waals surface area contributed by atoms with Gasteiger partial charge in [-0.2, -0.15) is 0 Å². The summed E-state index contributed by atoms with van der Waals surface area (Å²) in [6.07, 6.45) is 8.58. The Balaban J connectivity index is 1.99. The predicted molar refractivity (Wildman–Crippen MR) is 61.9 cm³/mol. The molecule has 0 saturated heterocycles. The molecule has 1 N–H and O–H groups in total. The monoisotopic (exact) mass is 219 g/mol. The maximum absolute atomic E-state index is 4.30. The van der Waals surface area contributed by atoms with Crippen molar-refractivity contribution in [3.8, 4) is 0 Å². The van der Waals surface area contributed by atoms with Crippen molar-refractivity contribution in [1.82, 2.24) is 24.4 Å². The van der Waals surface area contributed by atoms with Crippen LogP contribution in [0, 0.1) is 0 Å².